The van der Waals surface area contributed by atoms with E-state index < -0.39 is 29.6 Å². The Morgan fingerprint density at radius 1 is 0.981 bits per heavy atom. The first-order chi connectivity index (χ1) is 26.1. The van der Waals surface area contributed by atoms with Gasteiger partial charge in [0.15, 0.2) is 11.5 Å². The Balaban J connectivity index is 1.17. The zero-order valence-electron chi connectivity index (χ0n) is 29.8. The quantitative estimate of drug-likeness (QED) is 0.264. The molecule has 6 aromatic rings. The Bertz CT molecular complexity index is 2430. The van der Waals surface area contributed by atoms with Crippen LogP contribution in [0.2, 0.25) is 0 Å². The summed E-state index contributed by atoms with van der Waals surface area (Å²) in [5.41, 5.74) is 2.75. The Hall–Kier alpha value is -5.61. The molecule has 2 saturated heterocycles. The lowest BCUT2D eigenvalue weighted by Crippen LogP contribution is -2.47. The molecule has 4 aromatic heterocycles. The van der Waals surface area contributed by atoms with Crippen LogP contribution in [-0.2, 0) is 20.8 Å². The van der Waals surface area contributed by atoms with Crippen molar-refractivity contribution in [1.29, 1.82) is 0 Å². The van der Waals surface area contributed by atoms with Crippen LogP contribution in [0, 0.1) is 24.4 Å². The number of imidazole rings is 1. The number of benzene rings is 2. The van der Waals surface area contributed by atoms with E-state index in [4.69, 9.17) is 24.4 Å². The smallest absolute Gasteiger partial charge is 0.245 e. The maximum atomic E-state index is 15.2. The van der Waals surface area contributed by atoms with Crippen LogP contribution in [0.5, 0.6) is 0 Å². The van der Waals surface area contributed by atoms with E-state index >= 15 is 8.78 Å². The van der Waals surface area contributed by atoms with Crippen LogP contribution in [-0.4, -0.2) is 104 Å². The number of halogens is 3. The molecule has 0 radical (unpaired) electrons. The monoisotopic (exact) mass is 738 g/mol. The highest BCUT2D eigenvalue weighted by atomic mass is 19.1. The number of aromatic nitrogens is 7. The lowest BCUT2D eigenvalue weighted by atomic mass is 10.1. The lowest BCUT2D eigenvalue weighted by molar-refractivity contribution is -0.132. The molecule has 2 aromatic carbocycles. The van der Waals surface area contributed by atoms with E-state index in [1.165, 1.54) is 28.9 Å². The van der Waals surface area contributed by atoms with Crippen LogP contribution < -0.4 is 10.2 Å². The van der Waals surface area contributed by atoms with Crippen molar-refractivity contribution in [3.8, 4) is 16.9 Å². The van der Waals surface area contributed by atoms with E-state index in [0.717, 1.165) is 11.6 Å². The number of pyridine rings is 1. The van der Waals surface area contributed by atoms with Crippen molar-refractivity contribution < 1.29 is 27.4 Å². The highest BCUT2D eigenvalue weighted by Gasteiger charge is 2.41. The molecule has 0 spiro atoms. The molecule has 16 heteroatoms. The number of anilines is 2. The van der Waals surface area contributed by atoms with Crippen molar-refractivity contribution in [3.05, 3.63) is 83.8 Å². The van der Waals surface area contributed by atoms with Gasteiger partial charge in [0.1, 0.15) is 46.6 Å². The van der Waals surface area contributed by atoms with Gasteiger partial charge in [-0.2, -0.15) is 5.10 Å². The Kier molecular flexibility index (Phi) is 8.45. The molecule has 278 valence electrons. The molecule has 13 nitrogen and oxygen atoms in total. The predicted molar refractivity (Wildman–Crippen MR) is 194 cm³/mol. The third-order valence-electron chi connectivity index (χ3n) is 10.7. The summed E-state index contributed by atoms with van der Waals surface area (Å²) in [6.45, 7) is 3.77. The van der Waals surface area contributed by atoms with Crippen molar-refractivity contribution in [2.45, 2.75) is 50.4 Å². The van der Waals surface area contributed by atoms with Gasteiger partial charge in [-0.05, 0) is 50.1 Å². The predicted octanol–water partition coefficient (Wildman–Crippen LogP) is 5.00. The molecule has 0 aliphatic carbocycles. The zero-order valence-corrected chi connectivity index (χ0v) is 29.8. The van der Waals surface area contributed by atoms with E-state index in [1.54, 1.807) is 25.3 Å². The SMILES string of the molecule is CO[C@H]1CN(C)C(=O)[C@@H]2C[C@@H](CN2c2nc(C3CCOC3)nc3c2cnn3-c2ccc(F)cc2F)Nc2cccc(n2)-c2cc(F)cc3nc(C)n(c23)C1. The molecule has 3 aliphatic rings. The number of amides is 1. The number of ether oxygens (including phenoxy) is 2. The number of rotatable bonds is 4. The number of carbonyl (C=O) groups excluding carboxylic acids is 1. The molecule has 2 fully saturated rings. The summed E-state index contributed by atoms with van der Waals surface area (Å²) in [6.07, 6.45) is 2.20. The van der Waals surface area contributed by atoms with Crippen LogP contribution in [0.4, 0.5) is 24.8 Å². The number of aryl methyl sites for hydroxylation is 1. The Labute approximate surface area is 307 Å². The molecule has 9 rings (SSSR count). The maximum Gasteiger partial charge on any atom is 0.245 e. The second-order valence-corrected chi connectivity index (χ2v) is 14.2. The van der Waals surface area contributed by atoms with Gasteiger partial charge in [0.2, 0.25) is 5.91 Å². The summed E-state index contributed by atoms with van der Waals surface area (Å²) in [6, 6.07) is 10.8. The number of likely N-dealkylation sites (N-methyl/N-ethyl adjacent to an activating group) is 1. The molecule has 1 amide bonds. The van der Waals surface area contributed by atoms with Crippen LogP contribution >= 0.6 is 0 Å². The highest BCUT2D eigenvalue weighted by molar-refractivity contribution is 5.94. The molecule has 1 N–H and O–H groups in total. The topological polar surface area (TPSA) is 128 Å². The average molecular weight is 739 g/mol. The first-order valence-electron chi connectivity index (χ1n) is 17.9. The molecule has 0 saturated carbocycles. The van der Waals surface area contributed by atoms with Crippen molar-refractivity contribution in [2.24, 2.45) is 0 Å². The fraction of sp³-hybridized carbons (Fsp3) is 0.368. The van der Waals surface area contributed by atoms with Gasteiger partial charge < -0.3 is 29.2 Å². The molecule has 7 heterocycles. The average Bonchev–Trinajstić information content (AvgIpc) is 3.97. The highest BCUT2D eigenvalue weighted by Crippen LogP contribution is 2.37. The minimum absolute atomic E-state index is 0.0304. The lowest BCUT2D eigenvalue weighted by Gasteiger charge is -2.31. The van der Waals surface area contributed by atoms with Gasteiger partial charge in [0.05, 0.1) is 47.6 Å². The fourth-order valence-corrected chi connectivity index (χ4v) is 7.99. The van der Waals surface area contributed by atoms with Crippen molar-refractivity contribution in [3.63, 3.8) is 0 Å². The standard InChI is InChI=1S/C38H37F3N10O3/c1-20-43-30-13-23(40)11-26-29-5-4-6-33(45-29)44-24-14-32(38(52)48(2)17-25(53-3)18-49(20)34(26)30)50(16-24)36-27-15-42-51(31-8-7-22(39)12-28(31)41)37(27)47-35(46-36)21-9-10-54-19-21/h4-8,11-13,15,21,24-25,32H,9-10,14,16-19H2,1-3H3,(H,44,45)/t21?,24-,25-,32-/m0/s1. The summed E-state index contributed by atoms with van der Waals surface area (Å²) in [4.78, 5) is 37.8. The number of hydrogen-bond donors (Lipinski definition) is 1. The molecule has 3 aliphatic heterocycles. The van der Waals surface area contributed by atoms with Crippen molar-refractivity contribution in [1.82, 2.24) is 39.2 Å². The van der Waals surface area contributed by atoms with Crippen LogP contribution in [0.3, 0.4) is 0 Å². The number of hydrogen-bond acceptors (Lipinski definition) is 10. The maximum absolute atomic E-state index is 15.2. The summed E-state index contributed by atoms with van der Waals surface area (Å²) in [7, 11) is 3.36. The van der Waals surface area contributed by atoms with E-state index in [1.807, 2.05) is 34.6 Å². The first kappa shape index (κ1) is 34.2. The van der Waals surface area contributed by atoms with E-state index in [-0.39, 0.29) is 30.1 Å². The van der Waals surface area contributed by atoms with Crippen LogP contribution in [0.25, 0.3) is 39.0 Å². The van der Waals surface area contributed by atoms with Gasteiger partial charge in [-0.3, -0.25) is 4.79 Å². The first-order valence-corrected chi connectivity index (χ1v) is 17.9. The molecule has 4 bridgehead atoms. The summed E-state index contributed by atoms with van der Waals surface area (Å²) in [5.74, 6) is -0.0193. The number of methoxy groups -OCH3 is 1. The minimum Gasteiger partial charge on any atom is -0.381 e. The second kappa shape index (κ2) is 13.4. The third kappa shape index (κ3) is 5.89. The van der Waals surface area contributed by atoms with Gasteiger partial charge in [-0.25, -0.2) is 37.8 Å². The number of nitrogens with one attached hydrogen (secondary N) is 1. The van der Waals surface area contributed by atoms with Gasteiger partial charge in [-0.1, -0.05) is 6.07 Å². The van der Waals surface area contributed by atoms with Crippen molar-refractivity contribution in [2.75, 3.05) is 50.7 Å². The Morgan fingerprint density at radius 2 is 1.85 bits per heavy atom. The van der Waals surface area contributed by atoms with Gasteiger partial charge >= 0.3 is 0 Å². The largest absolute Gasteiger partial charge is 0.381 e. The molecule has 1 unspecified atom stereocenters. The van der Waals surface area contributed by atoms with Gasteiger partial charge in [-0.15, -0.1) is 0 Å². The van der Waals surface area contributed by atoms with Crippen LogP contribution in [0.1, 0.15) is 30.4 Å². The van der Waals surface area contributed by atoms with Crippen LogP contribution in [0.15, 0.2) is 54.7 Å². The molecular weight excluding hydrogens is 701 g/mol. The summed E-state index contributed by atoms with van der Waals surface area (Å²) in [5, 5.41) is 8.54. The summed E-state index contributed by atoms with van der Waals surface area (Å²) >= 11 is 0. The van der Waals surface area contributed by atoms with Crippen molar-refractivity contribution >= 4 is 39.6 Å². The number of fused-ring (bicyclic) bond motifs is 6. The minimum atomic E-state index is -0.793. The molecular formula is C38H37F3N10O3. The second-order valence-electron chi connectivity index (χ2n) is 14.2. The Morgan fingerprint density at radius 3 is 2.65 bits per heavy atom. The van der Waals surface area contributed by atoms with E-state index in [2.05, 4.69) is 15.4 Å². The van der Waals surface area contributed by atoms with E-state index in [0.29, 0.717) is 90.2 Å². The summed E-state index contributed by atoms with van der Waals surface area (Å²) < 4.78 is 59.1. The number of nitrogens with zero attached hydrogens (tertiary/aromatic N) is 9. The fourth-order valence-electron chi connectivity index (χ4n) is 7.99. The molecule has 54 heavy (non-hydrogen) atoms. The van der Waals surface area contributed by atoms with Gasteiger partial charge in [0.25, 0.3) is 0 Å². The zero-order chi connectivity index (χ0) is 37.2. The number of carbonyl (C=O) groups is 1. The van der Waals surface area contributed by atoms with Gasteiger partial charge in [0, 0.05) is 63.5 Å². The normalized spacial score (nSPS) is 21.9. The molecule has 4 atom stereocenters. The van der Waals surface area contributed by atoms with E-state index in [9.17, 15) is 9.18 Å². The third-order valence-corrected chi connectivity index (χ3v) is 10.7.